The second-order valence-electron chi connectivity index (χ2n) is 6.09. The maximum atomic E-state index is 10.6. The molecular weight excluding hydrogens is 354 g/mol. The van der Waals surface area contributed by atoms with Crippen LogP contribution < -0.4 is 16.0 Å². The van der Waals surface area contributed by atoms with Crippen LogP contribution in [0.15, 0.2) is 72.8 Å². The Morgan fingerprint density at radius 3 is 0.929 bits per heavy atom. The summed E-state index contributed by atoms with van der Waals surface area (Å²) in [7, 11) is 0. The first-order valence-electron chi connectivity index (χ1n) is 8.65. The first kappa shape index (κ1) is 18.8. The van der Waals surface area contributed by atoms with Gasteiger partial charge in [-0.05, 0) is 53.1 Å². The third-order valence-corrected chi connectivity index (χ3v) is 4.41. The lowest BCUT2D eigenvalue weighted by Gasteiger charge is -2.20. The van der Waals surface area contributed by atoms with Gasteiger partial charge >= 0.3 is 0 Å². The topological polar surface area (TPSA) is 87.3 Å². The van der Waals surface area contributed by atoms with E-state index in [0.29, 0.717) is 36.3 Å². The van der Waals surface area contributed by atoms with Crippen molar-refractivity contribution in [2.45, 2.75) is 5.92 Å². The predicted octanol–water partition coefficient (Wildman–Crippen LogP) is 3.57. The number of amides is 3. The van der Waals surface area contributed by atoms with E-state index in [0.717, 1.165) is 16.7 Å². The highest BCUT2D eigenvalue weighted by molar-refractivity contribution is 5.73. The fourth-order valence-corrected chi connectivity index (χ4v) is 3.10. The Morgan fingerprint density at radius 1 is 0.464 bits per heavy atom. The van der Waals surface area contributed by atoms with E-state index in [1.165, 1.54) is 0 Å². The third kappa shape index (κ3) is 4.42. The molecule has 0 radical (unpaired) electrons. The molecule has 0 spiro atoms. The van der Waals surface area contributed by atoms with E-state index < -0.39 is 0 Å². The Kier molecular flexibility index (Phi) is 6.15. The minimum Gasteiger partial charge on any atom is -0.329 e. The van der Waals surface area contributed by atoms with Crippen molar-refractivity contribution in [3.8, 4) is 0 Å². The smallest absolute Gasteiger partial charge is 0.211 e. The molecule has 0 aliphatic carbocycles. The normalized spacial score (nSPS) is 10.2. The summed E-state index contributed by atoms with van der Waals surface area (Å²) < 4.78 is 0. The van der Waals surface area contributed by atoms with Crippen LogP contribution in [0.25, 0.3) is 0 Å². The number of carbonyl (C=O) groups is 3. The van der Waals surface area contributed by atoms with Crippen LogP contribution in [-0.2, 0) is 14.4 Å². The first-order chi connectivity index (χ1) is 13.7. The highest BCUT2D eigenvalue weighted by Crippen LogP contribution is 2.33. The molecule has 0 fully saturated rings. The SMILES string of the molecule is O=CNc1ccc(C(c2ccc(NC=O)cc2)c2ccc(NC=O)cc2)cc1. The molecule has 6 nitrogen and oxygen atoms in total. The summed E-state index contributed by atoms with van der Waals surface area (Å²) >= 11 is 0. The lowest BCUT2D eigenvalue weighted by atomic mass is 9.85. The fraction of sp³-hybridized carbons (Fsp3) is 0.0455. The molecular formula is C22H19N3O3. The van der Waals surface area contributed by atoms with Crippen LogP contribution in [0, 0.1) is 0 Å². The molecule has 3 amide bonds. The largest absolute Gasteiger partial charge is 0.329 e. The molecule has 28 heavy (non-hydrogen) atoms. The van der Waals surface area contributed by atoms with Crippen LogP contribution in [0.5, 0.6) is 0 Å². The fourth-order valence-electron chi connectivity index (χ4n) is 3.10. The van der Waals surface area contributed by atoms with Gasteiger partial charge in [0.25, 0.3) is 0 Å². The van der Waals surface area contributed by atoms with E-state index in [1.807, 2.05) is 72.8 Å². The second-order valence-corrected chi connectivity index (χ2v) is 6.09. The van der Waals surface area contributed by atoms with Crippen molar-refractivity contribution in [2.24, 2.45) is 0 Å². The molecule has 0 aliphatic heterocycles. The van der Waals surface area contributed by atoms with Crippen LogP contribution in [0.1, 0.15) is 22.6 Å². The molecule has 0 unspecified atom stereocenters. The molecule has 0 bridgehead atoms. The Bertz CT molecular complexity index is 809. The van der Waals surface area contributed by atoms with Crippen molar-refractivity contribution in [1.82, 2.24) is 0 Å². The van der Waals surface area contributed by atoms with Gasteiger partial charge in [-0.1, -0.05) is 36.4 Å². The highest BCUT2D eigenvalue weighted by atomic mass is 16.1. The lowest BCUT2D eigenvalue weighted by molar-refractivity contribution is -0.106. The minimum absolute atomic E-state index is 0.0548. The van der Waals surface area contributed by atoms with E-state index in [1.54, 1.807) is 0 Å². The van der Waals surface area contributed by atoms with Gasteiger partial charge in [-0.3, -0.25) is 14.4 Å². The molecule has 0 saturated carbocycles. The molecule has 3 aromatic carbocycles. The number of carbonyl (C=O) groups excluding carboxylic acids is 3. The predicted molar refractivity (Wildman–Crippen MR) is 109 cm³/mol. The van der Waals surface area contributed by atoms with Gasteiger partial charge in [-0.2, -0.15) is 0 Å². The van der Waals surface area contributed by atoms with Crippen molar-refractivity contribution in [3.05, 3.63) is 89.5 Å². The van der Waals surface area contributed by atoms with Crippen molar-refractivity contribution in [3.63, 3.8) is 0 Å². The number of anilines is 3. The van der Waals surface area contributed by atoms with E-state index >= 15 is 0 Å². The molecule has 0 atom stereocenters. The quantitative estimate of drug-likeness (QED) is 0.396. The highest BCUT2D eigenvalue weighted by Gasteiger charge is 2.17. The molecule has 6 heteroatoms. The van der Waals surface area contributed by atoms with Gasteiger partial charge in [0.1, 0.15) is 0 Å². The summed E-state index contributed by atoms with van der Waals surface area (Å²) in [5.41, 5.74) is 5.28. The summed E-state index contributed by atoms with van der Waals surface area (Å²) in [6.45, 7) is 0. The second kappa shape index (κ2) is 9.14. The summed E-state index contributed by atoms with van der Waals surface area (Å²) in [6, 6.07) is 22.9. The van der Waals surface area contributed by atoms with Crippen molar-refractivity contribution >= 4 is 36.3 Å². The average Bonchev–Trinajstić information content (AvgIpc) is 2.73. The molecule has 0 aromatic heterocycles. The van der Waals surface area contributed by atoms with Crippen LogP contribution in [-0.4, -0.2) is 19.2 Å². The van der Waals surface area contributed by atoms with Crippen molar-refractivity contribution in [2.75, 3.05) is 16.0 Å². The molecule has 140 valence electrons. The Hall–Kier alpha value is -3.93. The summed E-state index contributed by atoms with van der Waals surface area (Å²) in [5.74, 6) is -0.0548. The van der Waals surface area contributed by atoms with E-state index in [2.05, 4.69) is 16.0 Å². The Labute approximate surface area is 162 Å². The molecule has 0 saturated heterocycles. The Balaban J connectivity index is 2.00. The van der Waals surface area contributed by atoms with E-state index in [9.17, 15) is 14.4 Å². The molecule has 0 heterocycles. The number of hydrogen-bond acceptors (Lipinski definition) is 3. The molecule has 3 rings (SSSR count). The van der Waals surface area contributed by atoms with Gasteiger partial charge in [0.2, 0.25) is 19.2 Å². The number of nitrogens with one attached hydrogen (secondary N) is 3. The third-order valence-electron chi connectivity index (χ3n) is 4.41. The van der Waals surface area contributed by atoms with Gasteiger partial charge in [0.15, 0.2) is 0 Å². The van der Waals surface area contributed by atoms with Gasteiger partial charge in [0.05, 0.1) is 0 Å². The zero-order valence-corrected chi connectivity index (χ0v) is 15.0. The number of benzene rings is 3. The zero-order valence-electron chi connectivity index (χ0n) is 15.0. The first-order valence-corrected chi connectivity index (χ1v) is 8.65. The summed E-state index contributed by atoms with van der Waals surface area (Å²) in [4.78, 5) is 31.9. The maximum absolute atomic E-state index is 10.6. The maximum Gasteiger partial charge on any atom is 0.211 e. The van der Waals surface area contributed by atoms with E-state index in [-0.39, 0.29) is 5.92 Å². The van der Waals surface area contributed by atoms with Crippen molar-refractivity contribution < 1.29 is 14.4 Å². The molecule has 0 aliphatic rings. The van der Waals surface area contributed by atoms with Gasteiger partial charge < -0.3 is 16.0 Å². The van der Waals surface area contributed by atoms with Gasteiger partial charge in [-0.15, -0.1) is 0 Å². The van der Waals surface area contributed by atoms with E-state index in [4.69, 9.17) is 0 Å². The standard InChI is InChI=1S/C22H19N3O3/c26-13-23-19-7-1-16(2-8-19)22(17-3-9-20(10-4-17)24-14-27)18-5-11-21(12-6-18)25-15-28/h1-15,22H,(H,23,26)(H,24,27)(H,25,28). The zero-order chi connectivity index (χ0) is 19.8. The summed E-state index contributed by atoms with van der Waals surface area (Å²) in [6.07, 6.45) is 1.93. The Morgan fingerprint density at radius 2 is 0.714 bits per heavy atom. The van der Waals surface area contributed by atoms with Crippen molar-refractivity contribution in [1.29, 1.82) is 0 Å². The lowest BCUT2D eigenvalue weighted by Crippen LogP contribution is -2.05. The monoisotopic (exact) mass is 373 g/mol. The minimum atomic E-state index is -0.0548. The summed E-state index contributed by atoms with van der Waals surface area (Å²) in [5, 5.41) is 7.90. The van der Waals surface area contributed by atoms with Gasteiger partial charge in [-0.25, -0.2) is 0 Å². The van der Waals surface area contributed by atoms with Crippen LogP contribution in [0.3, 0.4) is 0 Å². The van der Waals surface area contributed by atoms with Gasteiger partial charge in [0, 0.05) is 23.0 Å². The average molecular weight is 373 g/mol. The molecule has 3 N–H and O–H groups in total. The van der Waals surface area contributed by atoms with Crippen LogP contribution >= 0.6 is 0 Å². The number of rotatable bonds is 9. The van der Waals surface area contributed by atoms with Crippen LogP contribution in [0.4, 0.5) is 17.1 Å². The molecule has 3 aromatic rings. The van der Waals surface area contributed by atoms with Crippen LogP contribution in [0.2, 0.25) is 0 Å². The number of hydrogen-bond donors (Lipinski definition) is 3.